The molecule has 4 nitrogen and oxygen atoms in total. The number of aliphatic hydroxyl groups excluding tert-OH is 1. The van der Waals surface area contributed by atoms with Crippen LogP contribution in [0.25, 0.3) is 0 Å². The summed E-state index contributed by atoms with van der Waals surface area (Å²) >= 11 is 0. The van der Waals surface area contributed by atoms with E-state index in [0.717, 1.165) is 0 Å². The standard InChI is InChI=1S/C11H12O4/c12-10(11(13)3-4-11)7-1-2-8-9(5-7)15-6-14-8/h1-2,5,10,12-13H,3-4,6H2/t10-/m1/s1. The van der Waals surface area contributed by atoms with E-state index in [1.54, 1.807) is 18.2 Å². The zero-order valence-electron chi connectivity index (χ0n) is 8.14. The molecule has 1 aliphatic heterocycles. The largest absolute Gasteiger partial charge is 0.454 e. The summed E-state index contributed by atoms with van der Waals surface area (Å²) in [6, 6.07) is 5.24. The normalized spacial score (nSPS) is 22.5. The van der Waals surface area contributed by atoms with Crippen molar-refractivity contribution in [2.75, 3.05) is 6.79 Å². The lowest BCUT2D eigenvalue weighted by atomic mass is 10.0. The minimum absolute atomic E-state index is 0.221. The summed E-state index contributed by atoms with van der Waals surface area (Å²) in [4.78, 5) is 0. The van der Waals surface area contributed by atoms with E-state index in [4.69, 9.17) is 9.47 Å². The van der Waals surface area contributed by atoms with Crippen LogP contribution < -0.4 is 9.47 Å². The maximum absolute atomic E-state index is 9.90. The van der Waals surface area contributed by atoms with Crippen molar-refractivity contribution >= 4 is 0 Å². The smallest absolute Gasteiger partial charge is 0.231 e. The second kappa shape index (κ2) is 2.87. The van der Waals surface area contributed by atoms with Crippen molar-refractivity contribution in [3.8, 4) is 11.5 Å². The van der Waals surface area contributed by atoms with E-state index in [2.05, 4.69) is 0 Å². The summed E-state index contributed by atoms with van der Waals surface area (Å²) in [5.41, 5.74) is -0.243. The van der Waals surface area contributed by atoms with E-state index in [0.29, 0.717) is 29.9 Å². The molecule has 1 aromatic rings. The Balaban J connectivity index is 1.92. The fourth-order valence-electron chi connectivity index (χ4n) is 1.79. The Morgan fingerprint density at radius 2 is 1.93 bits per heavy atom. The zero-order valence-corrected chi connectivity index (χ0v) is 8.14. The first-order valence-electron chi connectivity index (χ1n) is 4.99. The summed E-state index contributed by atoms with van der Waals surface area (Å²) in [5.74, 6) is 1.32. The van der Waals surface area contributed by atoms with Gasteiger partial charge in [0.1, 0.15) is 6.10 Å². The maximum atomic E-state index is 9.90. The van der Waals surface area contributed by atoms with Gasteiger partial charge < -0.3 is 19.7 Å². The van der Waals surface area contributed by atoms with Crippen LogP contribution in [0.15, 0.2) is 18.2 Å². The number of hydrogen-bond acceptors (Lipinski definition) is 4. The molecule has 0 radical (unpaired) electrons. The van der Waals surface area contributed by atoms with Gasteiger partial charge in [0, 0.05) is 0 Å². The Hall–Kier alpha value is -1.26. The lowest BCUT2D eigenvalue weighted by molar-refractivity contribution is -0.00180. The highest BCUT2D eigenvalue weighted by Gasteiger charge is 2.48. The second-order valence-corrected chi connectivity index (χ2v) is 4.12. The maximum Gasteiger partial charge on any atom is 0.231 e. The molecule has 0 bridgehead atoms. The van der Waals surface area contributed by atoms with Crippen LogP contribution in [-0.4, -0.2) is 22.6 Å². The first-order valence-corrected chi connectivity index (χ1v) is 4.99. The minimum Gasteiger partial charge on any atom is -0.454 e. The quantitative estimate of drug-likeness (QED) is 0.760. The van der Waals surface area contributed by atoms with Gasteiger partial charge in [-0.25, -0.2) is 0 Å². The van der Waals surface area contributed by atoms with E-state index in [1.165, 1.54) is 0 Å². The molecule has 3 rings (SSSR count). The predicted molar refractivity (Wildman–Crippen MR) is 51.7 cm³/mol. The van der Waals surface area contributed by atoms with Crippen LogP contribution in [0.4, 0.5) is 0 Å². The highest BCUT2D eigenvalue weighted by atomic mass is 16.7. The van der Waals surface area contributed by atoms with Gasteiger partial charge in [-0.2, -0.15) is 0 Å². The van der Waals surface area contributed by atoms with E-state index in [9.17, 15) is 10.2 Å². The molecular weight excluding hydrogens is 196 g/mol. The van der Waals surface area contributed by atoms with Crippen molar-refractivity contribution < 1.29 is 19.7 Å². The molecule has 0 saturated heterocycles. The molecule has 1 aromatic carbocycles. The van der Waals surface area contributed by atoms with Gasteiger partial charge in [0.25, 0.3) is 0 Å². The first kappa shape index (κ1) is 9.00. The summed E-state index contributed by atoms with van der Waals surface area (Å²) in [6.07, 6.45) is 0.484. The highest BCUT2D eigenvalue weighted by molar-refractivity contribution is 5.45. The number of aliphatic hydroxyl groups is 2. The molecule has 1 fully saturated rings. The number of benzene rings is 1. The first-order chi connectivity index (χ1) is 7.19. The van der Waals surface area contributed by atoms with E-state index >= 15 is 0 Å². The molecule has 0 aromatic heterocycles. The molecule has 80 valence electrons. The van der Waals surface area contributed by atoms with Gasteiger partial charge >= 0.3 is 0 Å². The van der Waals surface area contributed by atoms with Crippen molar-refractivity contribution in [2.45, 2.75) is 24.5 Å². The number of rotatable bonds is 2. The van der Waals surface area contributed by atoms with Crippen molar-refractivity contribution in [2.24, 2.45) is 0 Å². The second-order valence-electron chi connectivity index (χ2n) is 4.12. The van der Waals surface area contributed by atoms with Crippen LogP contribution in [0.1, 0.15) is 24.5 Å². The average molecular weight is 208 g/mol. The molecule has 2 aliphatic rings. The number of hydrogen-bond donors (Lipinski definition) is 2. The van der Waals surface area contributed by atoms with Crippen molar-refractivity contribution in [3.05, 3.63) is 23.8 Å². The van der Waals surface area contributed by atoms with Gasteiger partial charge in [0.15, 0.2) is 11.5 Å². The van der Waals surface area contributed by atoms with Crippen molar-refractivity contribution in [1.82, 2.24) is 0 Å². The molecule has 4 heteroatoms. The SMILES string of the molecule is O[C@H](c1ccc2c(c1)OCO2)C1(O)CC1. The average Bonchev–Trinajstić information content (AvgIpc) is 2.82. The number of fused-ring (bicyclic) bond motifs is 1. The van der Waals surface area contributed by atoms with Crippen molar-refractivity contribution in [1.29, 1.82) is 0 Å². The molecule has 15 heavy (non-hydrogen) atoms. The van der Waals surface area contributed by atoms with Gasteiger partial charge in [-0.05, 0) is 30.5 Å². The lowest BCUT2D eigenvalue weighted by Gasteiger charge is -2.16. The molecular formula is C11H12O4. The predicted octanol–water partition coefficient (Wildman–Crippen LogP) is 0.974. The van der Waals surface area contributed by atoms with E-state index < -0.39 is 11.7 Å². The van der Waals surface area contributed by atoms with Gasteiger partial charge in [0.2, 0.25) is 6.79 Å². The summed E-state index contributed by atoms with van der Waals surface area (Å²) in [7, 11) is 0. The highest BCUT2D eigenvalue weighted by Crippen LogP contribution is 2.47. The fourth-order valence-corrected chi connectivity index (χ4v) is 1.79. The topological polar surface area (TPSA) is 58.9 Å². The van der Waals surface area contributed by atoms with Gasteiger partial charge in [-0.1, -0.05) is 6.07 Å². The van der Waals surface area contributed by atoms with Crippen LogP contribution in [0.2, 0.25) is 0 Å². The van der Waals surface area contributed by atoms with Crippen LogP contribution in [0.5, 0.6) is 11.5 Å². The Morgan fingerprint density at radius 3 is 2.67 bits per heavy atom. The van der Waals surface area contributed by atoms with Gasteiger partial charge in [-0.3, -0.25) is 0 Å². The third-order valence-electron chi connectivity index (χ3n) is 2.98. The van der Waals surface area contributed by atoms with Crippen LogP contribution in [-0.2, 0) is 0 Å². The third-order valence-corrected chi connectivity index (χ3v) is 2.98. The van der Waals surface area contributed by atoms with Gasteiger partial charge in [-0.15, -0.1) is 0 Å². The monoisotopic (exact) mass is 208 g/mol. The molecule has 1 heterocycles. The zero-order chi connectivity index (χ0) is 10.5. The fraction of sp³-hybridized carbons (Fsp3) is 0.455. The molecule has 0 spiro atoms. The molecule has 1 atom stereocenters. The Bertz CT molecular complexity index is 398. The summed E-state index contributed by atoms with van der Waals surface area (Å²) in [6.45, 7) is 0.221. The minimum atomic E-state index is -0.923. The van der Waals surface area contributed by atoms with E-state index in [1.807, 2.05) is 0 Å². The molecule has 1 saturated carbocycles. The van der Waals surface area contributed by atoms with Crippen LogP contribution in [0.3, 0.4) is 0 Å². The van der Waals surface area contributed by atoms with Crippen LogP contribution >= 0.6 is 0 Å². The lowest BCUT2D eigenvalue weighted by Crippen LogP contribution is -2.19. The summed E-state index contributed by atoms with van der Waals surface area (Å²) < 4.78 is 10.4. The number of ether oxygens (including phenoxy) is 2. The molecule has 2 N–H and O–H groups in total. The van der Waals surface area contributed by atoms with E-state index in [-0.39, 0.29) is 6.79 Å². The molecule has 1 aliphatic carbocycles. The van der Waals surface area contributed by atoms with Crippen LogP contribution in [0, 0.1) is 0 Å². The Labute approximate surface area is 87.1 Å². The van der Waals surface area contributed by atoms with Gasteiger partial charge in [0.05, 0.1) is 5.60 Å². The molecule has 0 amide bonds. The summed E-state index contributed by atoms with van der Waals surface area (Å²) in [5, 5.41) is 19.7. The Morgan fingerprint density at radius 1 is 1.20 bits per heavy atom. The van der Waals surface area contributed by atoms with Crippen molar-refractivity contribution in [3.63, 3.8) is 0 Å². The Kier molecular flexibility index (Phi) is 1.72. The molecule has 0 unspecified atom stereocenters. The third kappa shape index (κ3) is 1.37.